The van der Waals surface area contributed by atoms with E-state index in [9.17, 15) is 35.2 Å². The molecule has 1 N–H and O–H groups in total. The third-order valence-electron chi connectivity index (χ3n) is 4.80. The van der Waals surface area contributed by atoms with Crippen LogP contribution in [-0.2, 0) is 19.6 Å². The van der Waals surface area contributed by atoms with Gasteiger partial charge in [0.05, 0.1) is 5.92 Å². The Labute approximate surface area is 135 Å². The average Bonchev–Trinajstić information content (AvgIpc) is 2.88. The average molecular weight is 380 g/mol. The number of halogens is 5. The van der Waals surface area contributed by atoms with Crippen LogP contribution in [0.25, 0.3) is 0 Å². The summed E-state index contributed by atoms with van der Waals surface area (Å²) in [6, 6.07) is 0. The molecule has 0 bridgehead atoms. The lowest BCUT2D eigenvalue weighted by atomic mass is 9.76. The molecule has 0 radical (unpaired) electrons. The van der Waals surface area contributed by atoms with Crippen molar-refractivity contribution in [2.24, 2.45) is 17.8 Å². The highest BCUT2D eigenvalue weighted by atomic mass is 32.2. The molecule has 5 nitrogen and oxygen atoms in total. The van der Waals surface area contributed by atoms with Crippen molar-refractivity contribution < 1.29 is 44.5 Å². The Morgan fingerprint density at radius 1 is 1.04 bits per heavy atom. The Bertz CT molecular complexity index is 588. The topological polar surface area (TPSA) is 80.7 Å². The number of carbonyl (C=O) groups excluding carboxylic acids is 1. The maximum absolute atomic E-state index is 13.4. The van der Waals surface area contributed by atoms with E-state index in [2.05, 4.69) is 4.74 Å². The fourth-order valence-electron chi connectivity index (χ4n) is 3.59. The Hall–Kier alpha value is -0.970. The molecular formula is C13H17F5O5S. The van der Waals surface area contributed by atoms with Gasteiger partial charge in [0.2, 0.25) is 0 Å². The second-order valence-corrected chi connectivity index (χ2v) is 7.85. The summed E-state index contributed by atoms with van der Waals surface area (Å²) in [4.78, 5) is 11.9. The zero-order valence-corrected chi connectivity index (χ0v) is 13.2. The van der Waals surface area contributed by atoms with Crippen LogP contribution in [0.4, 0.5) is 22.0 Å². The van der Waals surface area contributed by atoms with Gasteiger partial charge in [-0.05, 0) is 31.1 Å². The van der Waals surface area contributed by atoms with E-state index in [1.807, 2.05) is 0 Å². The van der Waals surface area contributed by atoms with Gasteiger partial charge in [0.15, 0.2) is 0 Å². The van der Waals surface area contributed by atoms with E-state index >= 15 is 0 Å². The van der Waals surface area contributed by atoms with E-state index < -0.39 is 39.5 Å². The predicted octanol–water partition coefficient (Wildman–Crippen LogP) is 3.16. The summed E-state index contributed by atoms with van der Waals surface area (Å²) >= 11 is 0. The SMILES string of the molecule is O=C(OC(C(F)(F)F)C(F)(F)S(=O)(=O)O)C1CCC2CCCC2C1. The fraction of sp³-hybridized carbons (Fsp3) is 0.923. The van der Waals surface area contributed by atoms with E-state index in [1.165, 1.54) is 0 Å². The summed E-state index contributed by atoms with van der Waals surface area (Å²) in [6.07, 6.45) is -6.31. The lowest BCUT2D eigenvalue weighted by Crippen LogP contribution is -2.52. The van der Waals surface area contributed by atoms with Crippen molar-refractivity contribution in [1.82, 2.24) is 0 Å². The number of hydrogen-bond donors (Lipinski definition) is 1. The summed E-state index contributed by atoms with van der Waals surface area (Å²) in [5.41, 5.74) is 0. The molecule has 11 heteroatoms. The first-order valence-corrected chi connectivity index (χ1v) is 8.90. The third kappa shape index (κ3) is 3.81. The van der Waals surface area contributed by atoms with E-state index in [4.69, 9.17) is 4.55 Å². The molecule has 0 spiro atoms. The number of alkyl halides is 5. The minimum absolute atomic E-state index is 0.141. The smallest absolute Gasteiger partial charge is 0.432 e. The minimum Gasteiger partial charge on any atom is -0.444 e. The molecule has 24 heavy (non-hydrogen) atoms. The summed E-state index contributed by atoms with van der Waals surface area (Å²) in [7, 11) is -6.41. The van der Waals surface area contributed by atoms with Crippen LogP contribution < -0.4 is 0 Å². The molecule has 2 aliphatic rings. The van der Waals surface area contributed by atoms with Crippen LogP contribution >= 0.6 is 0 Å². The van der Waals surface area contributed by atoms with Crippen molar-refractivity contribution in [3.8, 4) is 0 Å². The second kappa shape index (κ2) is 6.40. The molecule has 0 amide bonds. The van der Waals surface area contributed by atoms with Crippen LogP contribution in [0.2, 0.25) is 0 Å². The van der Waals surface area contributed by atoms with Gasteiger partial charge in [0, 0.05) is 0 Å². The van der Waals surface area contributed by atoms with Crippen LogP contribution in [0.5, 0.6) is 0 Å². The molecule has 4 atom stereocenters. The van der Waals surface area contributed by atoms with Crippen molar-refractivity contribution in [1.29, 1.82) is 0 Å². The zero-order chi connectivity index (χ0) is 18.3. The van der Waals surface area contributed by atoms with E-state index in [1.54, 1.807) is 0 Å². The minimum atomic E-state index is -6.41. The normalized spacial score (nSPS) is 29.8. The molecular weight excluding hydrogens is 363 g/mol. The van der Waals surface area contributed by atoms with Gasteiger partial charge >= 0.3 is 27.5 Å². The number of ether oxygens (including phenoxy) is 1. The monoisotopic (exact) mass is 380 g/mol. The van der Waals surface area contributed by atoms with E-state index in [0.717, 1.165) is 19.3 Å². The predicted molar refractivity (Wildman–Crippen MR) is 70.6 cm³/mol. The number of rotatable bonds is 4. The van der Waals surface area contributed by atoms with Crippen molar-refractivity contribution >= 4 is 16.1 Å². The highest BCUT2D eigenvalue weighted by Crippen LogP contribution is 2.45. The first-order valence-electron chi connectivity index (χ1n) is 7.46. The summed E-state index contributed by atoms with van der Waals surface area (Å²) in [5, 5.41) is -5.68. The largest absolute Gasteiger partial charge is 0.444 e. The lowest BCUT2D eigenvalue weighted by Gasteiger charge is -2.32. The van der Waals surface area contributed by atoms with Gasteiger partial charge in [-0.3, -0.25) is 9.35 Å². The molecule has 2 fully saturated rings. The van der Waals surface area contributed by atoms with E-state index in [-0.39, 0.29) is 18.8 Å². The summed E-state index contributed by atoms with van der Waals surface area (Å²) in [5.74, 6) is -1.97. The van der Waals surface area contributed by atoms with Gasteiger partial charge in [-0.2, -0.15) is 30.4 Å². The van der Waals surface area contributed by atoms with Gasteiger partial charge in [0.25, 0.3) is 6.10 Å². The molecule has 140 valence electrons. The zero-order valence-electron chi connectivity index (χ0n) is 12.4. The summed E-state index contributed by atoms with van der Waals surface area (Å²) < 4.78 is 98.4. The Balaban J connectivity index is 2.14. The first kappa shape index (κ1) is 19.4. The molecule has 0 aromatic heterocycles. The standard InChI is InChI=1S/C13H17F5O5S/c14-12(15,16)11(13(17,18)24(20,21)22)23-10(19)9-5-4-7-2-1-3-8(7)6-9/h7-9,11H,1-6H2,(H,20,21,22). The number of carbonyl (C=O) groups is 1. The van der Waals surface area contributed by atoms with Crippen LogP contribution in [0, 0.1) is 17.8 Å². The highest BCUT2D eigenvalue weighted by molar-refractivity contribution is 7.86. The Kier molecular flexibility index (Phi) is 5.16. The molecule has 0 heterocycles. The molecule has 2 rings (SSSR count). The van der Waals surface area contributed by atoms with Crippen LogP contribution in [-0.4, -0.2) is 36.5 Å². The van der Waals surface area contributed by atoms with Crippen molar-refractivity contribution in [3.05, 3.63) is 0 Å². The Morgan fingerprint density at radius 2 is 1.62 bits per heavy atom. The van der Waals surface area contributed by atoms with E-state index in [0.29, 0.717) is 12.3 Å². The summed E-state index contributed by atoms with van der Waals surface area (Å²) in [6.45, 7) is 0. The lowest BCUT2D eigenvalue weighted by molar-refractivity contribution is -0.261. The van der Waals surface area contributed by atoms with Gasteiger partial charge in [-0.1, -0.05) is 19.3 Å². The second-order valence-electron chi connectivity index (χ2n) is 6.36. The van der Waals surface area contributed by atoms with Crippen LogP contribution in [0.15, 0.2) is 0 Å². The van der Waals surface area contributed by atoms with Gasteiger partial charge in [-0.15, -0.1) is 0 Å². The van der Waals surface area contributed by atoms with Crippen LogP contribution in [0.3, 0.4) is 0 Å². The molecule has 0 aromatic carbocycles. The molecule has 4 unspecified atom stereocenters. The molecule has 0 saturated heterocycles. The maximum atomic E-state index is 13.4. The highest BCUT2D eigenvalue weighted by Gasteiger charge is 2.66. The fourth-order valence-corrected chi connectivity index (χ4v) is 4.04. The van der Waals surface area contributed by atoms with Gasteiger partial charge < -0.3 is 4.74 Å². The quantitative estimate of drug-likeness (QED) is 0.460. The van der Waals surface area contributed by atoms with Gasteiger partial charge in [-0.25, -0.2) is 0 Å². The van der Waals surface area contributed by atoms with Crippen molar-refractivity contribution in [2.45, 2.75) is 56.1 Å². The van der Waals surface area contributed by atoms with Crippen LogP contribution in [0.1, 0.15) is 38.5 Å². The molecule has 0 aliphatic heterocycles. The number of esters is 1. The molecule has 0 aromatic rings. The Morgan fingerprint density at radius 3 is 2.17 bits per heavy atom. The number of fused-ring (bicyclic) bond motifs is 1. The van der Waals surface area contributed by atoms with Gasteiger partial charge in [0.1, 0.15) is 0 Å². The number of hydrogen-bond acceptors (Lipinski definition) is 4. The van der Waals surface area contributed by atoms with Crippen molar-refractivity contribution in [2.75, 3.05) is 0 Å². The molecule has 2 aliphatic carbocycles. The third-order valence-corrected chi connectivity index (χ3v) is 5.71. The first-order chi connectivity index (χ1) is 10.8. The molecule has 2 saturated carbocycles. The maximum Gasteiger partial charge on any atom is 0.432 e. The van der Waals surface area contributed by atoms with Crippen molar-refractivity contribution in [3.63, 3.8) is 0 Å².